The molecule has 0 aliphatic carbocycles. The lowest BCUT2D eigenvalue weighted by molar-refractivity contribution is -0.119. The Morgan fingerprint density at radius 3 is 2.59 bits per heavy atom. The van der Waals surface area contributed by atoms with Gasteiger partial charge in [0.15, 0.2) is 5.75 Å². The number of amides is 1. The van der Waals surface area contributed by atoms with Crippen LogP contribution >= 0.6 is 0 Å². The highest BCUT2D eigenvalue weighted by Gasteiger charge is 2.31. The number of hydrogen-bond acceptors (Lipinski definition) is 8. The minimum absolute atomic E-state index is 0.167. The highest BCUT2D eigenvalue weighted by Crippen LogP contribution is 2.30. The number of ether oxygens (including phenoxy) is 1. The van der Waals surface area contributed by atoms with Gasteiger partial charge >= 0.3 is 0 Å². The van der Waals surface area contributed by atoms with Gasteiger partial charge in [0.25, 0.3) is 5.56 Å². The number of rotatable bonds is 6. The van der Waals surface area contributed by atoms with E-state index in [1.165, 1.54) is 10.3 Å². The summed E-state index contributed by atoms with van der Waals surface area (Å²) in [6.45, 7) is 6.22. The van der Waals surface area contributed by atoms with Crippen LogP contribution in [0.2, 0.25) is 0 Å². The fourth-order valence-electron chi connectivity index (χ4n) is 5.20. The van der Waals surface area contributed by atoms with E-state index in [1.807, 2.05) is 43.3 Å². The van der Waals surface area contributed by atoms with Crippen molar-refractivity contribution >= 4 is 40.0 Å². The monoisotopic (exact) mass is 525 g/mol. The van der Waals surface area contributed by atoms with E-state index >= 15 is 0 Å². The van der Waals surface area contributed by atoms with Crippen LogP contribution in [-0.2, 0) is 11.2 Å². The summed E-state index contributed by atoms with van der Waals surface area (Å²) in [4.78, 5) is 40.7. The number of hydrogen-bond donors (Lipinski definition) is 2. The lowest BCUT2D eigenvalue weighted by Crippen LogP contribution is -2.44. The number of nitrogens with one attached hydrogen (secondary N) is 2. The van der Waals surface area contributed by atoms with Gasteiger partial charge in [0.2, 0.25) is 11.9 Å². The van der Waals surface area contributed by atoms with Crippen LogP contribution in [0.4, 0.5) is 23.0 Å². The first kappa shape index (κ1) is 24.9. The number of aromatic nitrogens is 3. The zero-order chi connectivity index (χ0) is 26.9. The molecule has 2 aromatic carbocycles. The van der Waals surface area contributed by atoms with Gasteiger partial charge in [-0.2, -0.15) is 4.98 Å². The van der Waals surface area contributed by atoms with E-state index in [9.17, 15) is 9.59 Å². The maximum Gasteiger partial charge on any atom is 0.295 e. The first-order valence-electron chi connectivity index (χ1n) is 13.2. The summed E-state index contributed by atoms with van der Waals surface area (Å²) in [6, 6.07) is 16.6. The van der Waals surface area contributed by atoms with Crippen LogP contribution in [0.25, 0.3) is 11.0 Å². The largest absolute Gasteiger partial charge is 0.488 e. The average molecular weight is 526 g/mol. The zero-order valence-corrected chi connectivity index (χ0v) is 22.1. The van der Waals surface area contributed by atoms with Crippen molar-refractivity contribution in [2.24, 2.45) is 0 Å². The van der Waals surface area contributed by atoms with Gasteiger partial charge < -0.3 is 25.2 Å². The standard InChI is InChI=1S/C29H31N7O3/c1-3-39-25-17-20-18-30-29(31-21-8-10-22(11-9-21)35-14-12-34(2)13-15-35)33-26(20)36(28(25)38)24-16-19-6-4-5-7-23(19)32-27(24)37/h4-11,17-18,24H,3,12-16H2,1-2H3,(H,32,37)(H,30,31,33). The Hall–Kier alpha value is -4.44. The number of para-hydroxylation sites is 1. The number of benzene rings is 2. The Morgan fingerprint density at radius 2 is 1.82 bits per heavy atom. The van der Waals surface area contributed by atoms with E-state index in [0.29, 0.717) is 30.0 Å². The Balaban J connectivity index is 1.34. The molecule has 4 heterocycles. The number of nitrogens with zero attached hydrogens (tertiary/aromatic N) is 5. The van der Waals surface area contributed by atoms with Gasteiger partial charge in [0.1, 0.15) is 11.7 Å². The molecule has 0 spiro atoms. The Bertz CT molecular complexity index is 1580. The van der Waals surface area contributed by atoms with Crippen molar-refractivity contribution in [2.45, 2.75) is 19.4 Å². The number of anilines is 4. The van der Waals surface area contributed by atoms with Crippen LogP contribution in [0.1, 0.15) is 18.5 Å². The summed E-state index contributed by atoms with van der Waals surface area (Å²) in [5.41, 5.74) is 3.69. The van der Waals surface area contributed by atoms with Crippen molar-refractivity contribution in [3.63, 3.8) is 0 Å². The molecule has 10 heteroatoms. The second kappa shape index (κ2) is 10.4. The van der Waals surface area contributed by atoms with E-state index < -0.39 is 11.6 Å². The van der Waals surface area contributed by atoms with Crippen molar-refractivity contribution in [2.75, 3.05) is 55.4 Å². The third-order valence-corrected chi connectivity index (χ3v) is 7.33. The van der Waals surface area contributed by atoms with Gasteiger partial charge in [0, 0.05) is 61.2 Å². The number of piperazine rings is 1. The van der Waals surface area contributed by atoms with E-state index in [1.54, 1.807) is 12.3 Å². The van der Waals surface area contributed by atoms with Crippen molar-refractivity contribution in [3.05, 3.63) is 76.7 Å². The molecule has 200 valence electrons. The summed E-state index contributed by atoms with van der Waals surface area (Å²) in [5.74, 6) is 0.239. The second-order valence-corrected chi connectivity index (χ2v) is 9.92. The fourth-order valence-corrected chi connectivity index (χ4v) is 5.20. The van der Waals surface area contributed by atoms with Crippen molar-refractivity contribution < 1.29 is 9.53 Å². The molecule has 4 aromatic rings. The molecule has 1 saturated heterocycles. The van der Waals surface area contributed by atoms with Gasteiger partial charge in [-0.15, -0.1) is 0 Å². The average Bonchev–Trinajstić information content (AvgIpc) is 2.95. The Kier molecular flexibility index (Phi) is 6.62. The SMILES string of the molecule is CCOc1cc2cnc(Nc3ccc(N4CCN(C)CC4)cc3)nc2n(C2Cc3ccccc3NC2=O)c1=O. The molecule has 6 rings (SSSR count). The minimum Gasteiger partial charge on any atom is -0.488 e. The first-order valence-corrected chi connectivity index (χ1v) is 13.2. The summed E-state index contributed by atoms with van der Waals surface area (Å²) >= 11 is 0. The molecule has 2 aliphatic rings. The fraction of sp³-hybridized carbons (Fsp3) is 0.310. The predicted molar refractivity (Wildman–Crippen MR) is 152 cm³/mol. The zero-order valence-electron chi connectivity index (χ0n) is 22.1. The lowest BCUT2D eigenvalue weighted by atomic mass is 9.98. The molecule has 1 atom stereocenters. The van der Waals surface area contributed by atoms with Gasteiger partial charge in [-0.05, 0) is 55.9 Å². The number of carbonyl (C=O) groups excluding carboxylic acids is 1. The van der Waals surface area contributed by atoms with Crippen LogP contribution in [-0.4, -0.2) is 65.2 Å². The molecular formula is C29H31N7O3. The van der Waals surface area contributed by atoms with Crippen LogP contribution < -0.4 is 25.8 Å². The molecule has 1 unspecified atom stereocenters. The molecular weight excluding hydrogens is 494 g/mol. The van der Waals surface area contributed by atoms with Gasteiger partial charge in [-0.3, -0.25) is 14.2 Å². The molecule has 1 amide bonds. The molecule has 39 heavy (non-hydrogen) atoms. The van der Waals surface area contributed by atoms with E-state index in [4.69, 9.17) is 9.72 Å². The van der Waals surface area contributed by atoms with Crippen LogP contribution in [0, 0.1) is 0 Å². The van der Waals surface area contributed by atoms with Gasteiger partial charge in [-0.1, -0.05) is 18.2 Å². The van der Waals surface area contributed by atoms with Crippen molar-refractivity contribution in [1.29, 1.82) is 0 Å². The van der Waals surface area contributed by atoms with Crippen LogP contribution in [0.3, 0.4) is 0 Å². The molecule has 2 aliphatic heterocycles. The van der Waals surface area contributed by atoms with Crippen LogP contribution in [0.15, 0.2) is 65.6 Å². The van der Waals surface area contributed by atoms with Crippen molar-refractivity contribution in [3.8, 4) is 5.75 Å². The molecule has 1 fully saturated rings. The quantitative estimate of drug-likeness (QED) is 0.395. The maximum atomic E-state index is 13.6. The molecule has 0 radical (unpaired) electrons. The second-order valence-electron chi connectivity index (χ2n) is 9.92. The molecule has 2 N–H and O–H groups in total. The highest BCUT2D eigenvalue weighted by atomic mass is 16.5. The van der Waals surface area contributed by atoms with Gasteiger partial charge in [-0.25, -0.2) is 4.98 Å². The van der Waals surface area contributed by atoms with Gasteiger partial charge in [0.05, 0.1) is 6.61 Å². The predicted octanol–water partition coefficient (Wildman–Crippen LogP) is 3.42. The summed E-state index contributed by atoms with van der Waals surface area (Å²) in [5, 5.41) is 6.80. The third kappa shape index (κ3) is 4.90. The van der Waals surface area contributed by atoms with Crippen molar-refractivity contribution in [1.82, 2.24) is 19.4 Å². The molecule has 0 bridgehead atoms. The maximum absolute atomic E-state index is 13.6. The number of likely N-dealkylation sites (N-methyl/N-ethyl adjacent to an activating group) is 1. The van der Waals surface area contributed by atoms with E-state index in [0.717, 1.165) is 43.1 Å². The number of pyridine rings is 1. The molecule has 2 aromatic heterocycles. The Morgan fingerprint density at radius 1 is 1.05 bits per heavy atom. The number of fused-ring (bicyclic) bond motifs is 2. The Labute approximate surface area is 226 Å². The topological polar surface area (TPSA) is 105 Å². The van der Waals surface area contributed by atoms with E-state index in [-0.39, 0.29) is 11.7 Å². The summed E-state index contributed by atoms with van der Waals surface area (Å²) in [6.07, 6.45) is 2.02. The number of carbonyl (C=O) groups is 1. The normalized spacial score (nSPS) is 17.5. The molecule has 0 saturated carbocycles. The van der Waals surface area contributed by atoms with E-state index in [2.05, 4.69) is 44.6 Å². The third-order valence-electron chi connectivity index (χ3n) is 7.33. The molecule has 10 nitrogen and oxygen atoms in total. The lowest BCUT2D eigenvalue weighted by Gasteiger charge is -2.34. The summed E-state index contributed by atoms with van der Waals surface area (Å²) in [7, 11) is 2.14. The van der Waals surface area contributed by atoms with Crippen LogP contribution in [0.5, 0.6) is 5.75 Å². The highest BCUT2D eigenvalue weighted by molar-refractivity contribution is 5.97. The minimum atomic E-state index is -0.777. The first-order chi connectivity index (χ1) is 19.0. The smallest absolute Gasteiger partial charge is 0.295 e. The summed E-state index contributed by atoms with van der Waals surface area (Å²) < 4.78 is 7.07.